The fourth-order valence-electron chi connectivity index (χ4n) is 3.38. The molecule has 0 radical (unpaired) electrons. The Balaban J connectivity index is 1.98. The summed E-state index contributed by atoms with van der Waals surface area (Å²) < 4.78 is 23.1. The lowest BCUT2D eigenvalue weighted by Crippen LogP contribution is -3.06. The maximum absolute atomic E-state index is 12.0. The van der Waals surface area contributed by atoms with Crippen molar-refractivity contribution >= 4 is 36.8 Å². The first kappa shape index (κ1) is 15.8. The van der Waals surface area contributed by atoms with Crippen LogP contribution in [-0.2, 0) is 16.7 Å². The van der Waals surface area contributed by atoms with E-state index in [9.17, 15) is 13.6 Å². The molecule has 4 rings (SSSR count). The van der Waals surface area contributed by atoms with Crippen molar-refractivity contribution in [3.05, 3.63) is 89.3 Å². The summed E-state index contributed by atoms with van der Waals surface area (Å²) in [6.07, 6.45) is 5.00. The molecule has 0 amide bonds. The molecule has 0 saturated carbocycles. The standard InChI is InChI=1S/C20H15NO3S/c22-21-11-5-8-16(20(21)25(23)24)13-19-17-9-3-1-6-14(17)12-15-7-2-4-10-18(15)19/h1-12,21H,13H2. The Labute approximate surface area is 146 Å². The van der Waals surface area contributed by atoms with Crippen LogP contribution in [-0.4, -0.2) is 13.4 Å². The van der Waals surface area contributed by atoms with Gasteiger partial charge in [-0.25, -0.2) is 0 Å². The molecule has 5 heteroatoms. The number of fused-ring (bicyclic) bond motifs is 2. The van der Waals surface area contributed by atoms with Gasteiger partial charge >= 0.3 is 0 Å². The third-order valence-electron chi connectivity index (χ3n) is 4.48. The van der Waals surface area contributed by atoms with Gasteiger partial charge < -0.3 is 10.3 Å². The Morgan fingerprint density at radius 2 is 1.52 bits per heavy atom. The SMILES string of the molecule is O=S(=O)=C1C(Cc2c3ccccc3cc3ccccc23)=CC=C[NH+]1[O-]. The second-order valence-corrected chi connectivity index (χ2v) is 6.83. The van der Waals surface area contributed by atoms with E-state index in [1.165, 1.54) is 6.20 Å². The van der Waals surface area contributed by atoms with E-state index in [1.54, 1.807) is 12.2 Å². The van der Waals surface area contributed by atoms with Gasteiger partial charge in [-0.15, -0.1) is 0 Å². The molecule has 0 aromatic heterocycles. The molecule has 124 valence electrons. The van der Waals surface area contributed by atoms with Crippen LogP contribution in [0.15, 0.2) is 78.5 Å². The van der Waals surface area contributed by atoms with Crippen molar-refractivity contribution in [2.75, 3.05) is 0 Å². The van der Waals surface area contributed by atoms with Gasteiger partial charge in [0.1, 0.15) is 6.20 Å². The molecule has 1 aliphatic rings. The van der Waals surface area contributed by atoms with Crippen molar-refractivity contribution in [1.29, 1.82) is 0 Å². The van der Waals surface area contributed by atoms with E-state index in [-0.39, 0.29) is 4.99 Å². The fraction of sp³-hybridized carbons (Fsp3) is 0.0500. The normalized spacial score (nSPS) is 17.1. The van der Waals surface area contributed by atoms with Crippen LogP contribution in [0.4, 0.5) is 0 Å². The molecule has 3 aromatic rings. The van der Waals surface area contributed by atoms with E-state index < -0.39 is 15.4 Å². The summed E-state index contributed by atoms with van der Waals surface area (Å²) in [5.74, 6) is 0. The molecule has 1 unspecified atom stereocenters. The van der Waals surface area contributed by atoms with E-state index >= 15 is 0 Å². The lowest BCUT2D eigenvalue weighted by Gasteiger charge is -2.22. The minimum absolute atomic E-state index is 0.139. The van der Waals surface area contributed by atoms with Gasteiger partial charge in [0.05, 0.1) is 0 Å². The largest absolute Gasteiger partial charge is 0.623 e. The van der Waals surface area contributed by atoms with Gasteiger partial charge in [0.2, 0.25) is 0 Å². The van der Waals surface area contributed by atoms with Crippen molar-refractivity contribution in [3.8, 4) is 0 Å². The van der Waals surface area contributed by atoms with Crippen LogP contribution >= 0.6 is 0 Å². The molecular weight excluding hydrogens is 334 g/mol. The lowest BCUT2D eigenvalue weighted by molar-refractivity contribution is -0.680. The number of quaternary nitrogens is 1. The highest BCUT2D eigenvalue weighted by Crippen LogP contribution is 2.30. The van der Waals surface area contributed by atoms with Gasteiger partial charge in [0.15, 0.2) is 0 Å². The second kappa shape index (κ2) is 6.29. The highest BCUT2D eigenvalue weighted by molar-refractivity contribution is 7.72. The Morgan fingerprint density at radius 3 is 2.12 bits per heavy atom. The molecule has 1 atom stereocenters. The molecule has 1 heterocycles. The minimum atomic E-state index is -2.56. The zero-order chi connectivity index (χ0) is 17.4. The van der Waals surface area contributed by atoms with Crippen LogP contribution in [0, 0.1) is 5.21 Å². The Bertz CT molecular complexity index is 1130. The highest BCUT2D eigenvalue weighted by atomic mass is 32.2. The van der Waals surface area contributed by atoms with Crippen LogP contribution in [0.3, 0.4) is 0 Å². The average molecular weight is 349 g/mol. The number of nitrogens with one attached hydrogen (secondary N) is 1. The number of allylic oxidation sites excluding steroid dienone is 2. The van der Waals surface area contributed by atoms with Crippen LogP contribution in [0.5, 0.6) is 0 Å². The summed E-state index contributed by atoms with van der Waals surface area (Å²) in [7, 11) is -2.56. The first-order valence-corrected chi connectivity index (χ1v) is 9.00. The van der Waals surface area contributed by atoms with E-state index in [0.717, 1.165) is 27.1 Å². The van der Waals surface area contributed by atoms with Crippen molar-refractivity contribution in [2.45, 2.75) is 6.42 Å². The average Bonchev–Trinajstić information content (AvgIpc) is 2.61. The zero-order valence-electron chi connectivity index (χ0n) is 13.3. The third-order valence-corrected chi connectivity index (χ3v) is 5.27. The molecule has 0 aliphatic carbocycles. The monoisotopic (exact) mass is 349 g/mol. The molecule has 1 aliphatic heterocycles. The van der Waals surface area contributed by atoms with Crippen molar-refractivity contribution in [3.63, 3.8) is 0 Å². The predicted molar refractivity (Wildman–Crippen MR) is 101 cm³/mol. The van der Waals surface area contributed by atoms with Gasteiger partial charge in [-0.1, -0.05) is 48.5 Å². The number of hydroxylamine groups is 2. The smallest absolute Gasteiger partial charge is 0.277 e. The zero-order valence-corrected chi connectivity index (χ0v) is 14.1. The highest BCUT2D eigenvalue weighted by Gasteiger charge is 2.21. The van der Waals surface area contributed by atoms with E-state index in [0.29, 0.717) is 12.0 Å². The summed E-state index contributed by atoms with van der Waals surface area (Å²) in [5.41, 5.74) is 1.56. The molecule has 25 heavy (non-hydrogen) atoms. The fourth-order valence-corrected chi connectivity index (χ4v) is 3.97. The Hall–Kier alpha value is -2.73. The van der Waals surface area contributed by atoms with Crippen LogP contribution < -0.4 is 5.06 Å². The molecular formula is C20H15NO3S. The summed E-state index contributed by atoms with van der Waals surface area (Å²) in [6.45, 7) is 0. The van der Waals surface area contributed by atoms with Gasteiger partial charge in [0, 0.05) is 12.0 Å². The molecule has 4 nitrogen and oxygen atoms in total. The van der Waals surface area contributed by atoms with Crippen LogP contribution in [0.2, 0.25) is 0 Å². The maximum Gasteiger partial charge on any atom is 0.277 e. The quantitative estimate of drug-likeness (QED) is 0.439. The van der Waals surface area contributed by atoms with E-state index in [1.807, 2.05) is 48.5 Å². The minimum Gasteiger partial charge on any atom is -0.623 e. The first-order chi connectivity index (χ1) is 12.1. The number of hydrogen-bond acceptors (Lipinski definition) is 3. The van der Waals surface area contributed by atoms with E-state index in [2.05, 4.69) is 6.07 Å². The number of hydrogen-bond donors (Lipinski definition) is 1. The summed E-state index contributed by atoms with van der Waals surface area (Å²) in [6, 6.07) is 18.2. The van der Waals surface area contributed by atoms with Crippen molar-refractivity contribution in [2.24, 2.45) is 0 Å². The molecule has 3 aromatic carbocycles. The first-order valence-electron chi connectivity index (χ1n) is 7.92. The second-order valence-electron chi connectivity index (χ2n) is 5.95. The Morgan fingerprint density at radius 1 is 0.920 bits per heavy atom. The van der Waals surface area contributed by atoms with Crippen LogP contribution in [0.25, 0.3) is 21.5 Å². The lowest BCUT2D eigenvalue weighted by atomic mass is 9.92. The molecule has 0 bridgehead atoms. The van der Waals surface area contributed by atoms with Gasteiger partial charge in [0.25, 0.3) is 15.3 Å². The van der Waals surface area contributed by atoms with Gasteiger partial charge in [-0.3, -0.25) is 0 Å². The van der Waals surface area contributed by atoms with Crippen molar-refractivity contribution < 1.29 is 13.5 Å². The van der Waals surface area contributed by atoms with Crippen molar-refractivity contribution in [1.82, 2.24) is 0 Å². The van der Waals surface area contributed by atoms with E-state index in [4.69, 9.17) is 0 Å². The molecule has 0 saturated heterocycles. The molecule has 0 fully saturated rings. The molecule has 0 spiro atoms. The number of rotatable bonds is 2. The summed E-state index contributed by atoms with van der Waals surface area (Å²) in [5, 5.41) is 15.9. The third kappa shape index (κ3) is 2.78. The topological polar surface area (TPSA) is 61.6 Å². The maximum atomic E-state index is 12.0. The summed E-state index contributed by atoms with van der Waals surface area (Å²) in [4.78, 5) is -0.139. The number of benzene rings is 3. The van der Waals surface area contributed by atoms with Gasteiger partial charge in [-0.2, -0.15) is 8.42 Å². The predicted octanol–water partition coefficient (Wildman–Crippen LogP) is 2.38. The van der Waals surface area contributed by atoms with Crippen LogP contribution in [0.1, 0.15) is 5.56 Å². The summed E-state index contributed by atoms with van der Waals surface area (Å²) >= 11 is 0. The van der Waals surface area contributed by atoms with Gasteiger partial charge in [-0.05, 0) is 45.3 Å². The Kier molecular flexibility index (Phi) is 3.97. The molecule has 1 N–H and O–H groups in total.